The number of nitrogens with zero attached hydrogens (tertiary/aromatic N) is 2. The quantitative estimate of drug-likeness (QED) is 0.748. The third kappa shape index (κ3) is 3.00. The van der Waals surface area contributed by atoms with Gasteiger partial charge in [-0.1, -0.05) is 13.8 Å². The van der Waals surface area contributed by atoms with Gasteiger partial charge in [-0.3, -0.25) is 4.79 Å². The van der Waals surface area contributed by atoms with Crippen molar-refractivity contribution in [2.75, 3.05) is 39.3 Å². The average molecular weight is 375 g/mol. The summed E-state index contributed by atoms with van der Waals surface area (Å²) in [5, 5.41) is 2.80. The maximum Gasteiger partial charge on any atom is 0.317 e. The number of nitrogens with one attached hydrogen (secondary N) is 1. The number of urea groups is 1. The lowest BCUT2D eigenvalue weighted by molar-refractivity contribution is -0.230. The topological polar surface area (TPSA) is 87.9 Å². The molecule has 1 saturated carbocycles. The third-order valence-electron chi connectivity index (χ3n) is 6.22. The number of carbonyl (C=O) groups is 2. The molecule has 25 heavy (non-hydrogen) atoms. The fourth-order valence-electron chi connectivity index (χ4n) is 4.65. The molecular weight excluding hydrogens is 344 g/mol. The normalized spacial score (nSPS) is 33.6. The van der Waals surface area contributed by atoms with Gasteiger partial charge in [0.15, 0.2) is 0 Å². The van der Waals surface area contributed by atoms with Crippen molar-refractivity contribution in [2.45, 2.75) is 45.3 Å². The average Bonchev–Trinajstić information content (AvgIpc) is 2.60. The SMILES string of the molecule is CCNC(=O)N1CCN(C(=O)C2(N)C3CCCOC3C2(C)C)CC1.Cl. The van der Waals surface area contributed by atoms with E-state index in [0.717, 1.165) is 19.4 Å². The van der Waals surface area contributed by atoms with Crippen LogP contribution < -0.4 is 11.1 Å². The van der Waals surface area contributed by atoms with Gasteiger partial charge in [-0.05, 0) is 19.8 Å². The van der Waals surface area contributed by atoms with E-state index in [9.17, 15) is 9.59 Å². The minimum Gasteiger partial charge on any atom is -0.377 e. The Balaban J connectivity index is 0.00000225. The summed E-state index contributed by atoms with van der Waals surface area (Å²) in [5.41, 5.74) is 5.48. The van der Waals surface area contributed by atoms with Gasteiger partial charge in [0.25, 0.3) is 0 Å². The Morgan fingerprint density at radius 1 is 1.20 bits per heavy atom. The standard InChI is InChI=1S/C17H30N4O3.ClH/c1-4-19-15(23)21-9-7-20(8-10-21)14(22)17(18)12-6-5-11-24-13(12)16(17,2)3;/h12-13H,4-11,18H2,1-3H3,(H,19,23);1H. The van der Waals surface area contributed by atoms with Crippen molar-refractivity contribution in [1.82, 2.24) is 15.1 Å². The van der Waals surface area contributed by atoms with Gasteiger partial charge >= 0.3 is 6.03 Å². The Kier molecular flexibility index (Phi) is 5.91. The molecule has 3 rings (SSSR count). The summed E-state index contributed by atoms with van der Waals surface area (Å²) in [6.07, 6.45) is 2.00. The number of piperazine rings is 1. The summed E-state index contributed by atoms with van der Waals surface area (Å²) < 4.78 is 5.89. The van der Waals surface area contributed by atoms with Crippen LogP contribution in [0.2, 0.25) is 0 Å². The van der Waals surface area contributed by atoms with E-state index in [2.05, 4.69) is 5.32 Å². The molecule has 3 unspecified atom stereocenters. The molecule has 8 heteroatoms. The maximum absolute atomic E-state index is 13.2. The van der Waals surface area contributed by atoms with Crippen molar-refractivity contribution in [2.24, 2.45) is 17.1 Å². The number of hydrogen-bond donors (Lipinski definition) is 2. The van der Waals surface area contributed by atoms with E-state index < -0.39 is 5.54 Å². The van der Waals surface area contributed by atoms with Crippen molar-refractivity contribution in [3.8, 4) is 0 Å². The first-order chi connectivity index (χ1) is 11.3. The Morgan fingerprint density at radius 2 is 1.80 bits per heavy atom. The van der Waals surface area contributed by atoms with Crippen LogP contribution in [0.25, 0.3) is 0 Å². The molecule has 0 aromatic rings. The number of nitrogens with two attached hydrogens (primary N) is 1. The molecule has 2 aliphatic heterocycles. The van der Waals surface area contributed by atoms with E-state index in [-0.39, 0.29) is 41.8 Å². The van der Waals surface area contributed by atoms with Crippen LogP contribution in [0.1, 0.15) is 33.6 Å². The zero-order chi connectivity index (χ0) is 17.5. The highest BCUT2D eigenvalue weighted by Gasteiger charge is 2.70. The molecule has 0 radical (unpaired) electrons. The first-order valence-corrected chi connectivity index (χ1v) is 9.06. The van der Waals surface area contributed by atoms with Crippen LogP contribution in [0.3, 0.4) is 0 Å². The summed E-state index contributed by atoms with van der Waals surface area (Å²) in [6.45, 7) is 9.56. The second kappa shape index (κ2) is 7.29. The monoisotopic (exact) mass is 374 g/mol. The van der Waals surface area contributed by atoms with Crippen LogP contribution >= 0.6 is 12.4 Å². The van der Waals surface area contributed by atoms with Gasteiger partial charge in [0, 0.05) is 50.7 Å². The first kappa shape index (κ1) is 20.3. The lowest BCUT2D eigenvalue weighted by Gasteiger charge is -2.66. The molecule has 144 valence electrons. The van der Waals surface area contributed by atoms with E-state index in [1.807, 2.05) is 25.7 Å². The van der Waals surface area contributed by atoms with Crippen molar-refractivity contribution in [3.05, 3.63) is 0 Å². The summed E-state index contributed by atoms with van der Waals surface area (Å²) in [6, 6.07) is -0.0585. The largest absolute Gasteiger partial charge is 0.377 e. The summed E-state index contributed by atoms with van der Waals surface area (Å²) in [4.78, 5) is 28.7. The Labute approximate surface area is 156 Å². The highest BCUT2D eigenvalue weighted by molar-refractivity contribution is 5.90. The van der Waals surface area contributed by atoms with Crippen molar-refractivity contribution >= 4 is 24.3 Å². The van der Waals surface area contributed by atoms with Gasteiger partial charge in [0.05, 0.1) is 6.10 Å². The molecule has 3 fully saturated rings. The van der Waals surface area contributed by atoms with Crippen molar-refractivity contribution < 1.29 is 14.3 Å². The number of rotatable bonds is 2. The van der Waals surface area contributed by atoms with E-state index in [1.54, 1.807) is 4.90 Å². The first-order valence-electron chi connectivity index (χ1n) is 9.06. The number of fused-ring (bicyclic) bond motifs is 1. The van der Waals surface area contributed by atoms with Crippen molar-refractivity contribution in [3.63, 3.8) is 0 Å². The Hall–Kier alpha value is -1.05. The predicted molar refractivity (Wildman–Crippen MR) is 97.6 cm³/mol. The van der Waals surface area contributed by atoms with Gasteiger partial charge in [-0.2, -0.15) is 0 Å². The highest BCUT2D eigenvalue weighted by atomic mass is 35.5. The molecule has 2 heterocycles. The predicted octanol–water partition coefficient (Wildman–Crippen LogP) is 0.814. The molecule has 3 amide bonds. The summed E-state index contributed by atoms with van der Waals surface area (Å²) in [5.74, 6) is 0.130. The van der Waals surface area contributed by atoms with Crippen LogP contribution in [0.4, 0.5) is 4.79 Å². The summed E-state index contributed by atoms with van der Waals surface area (Å²) >= 11 is 0. The molecule has 1 aliphatic carbocycles. The molecule has 3 N–H and O–H groups in total. The van der Waals surface area contributed by atoms with Gasteiger partial charge in [-0.15, -0.1) is 12.4 Å². The smallest absolute Gasteiger partial charge is 0.317 e. The lowest BCUT2D eigenvalue weighted by atomic mass is 9.46. The van der Waals surface area contributed by atoms with Gasteiger partial charge in [-0.25, -0.2) is 4.79 Å². The number of amides is 3. The second-order valence-electron chi connectivity index (χ2n) is 7.75. The van der Waals surface area contributed by atoms with E-state index in [4.69, 9.17) is 10.5 Å². The molecule has 3 aliphatic rings. The van der Waals surface area contributed by atoms with E-state index in [1.165, 1.54) is 0 Å². The van der Waals surface area contributed by atoms with E-state index >= 15 is 0 Å². The fraction of sp³-hybridized carbons (Fsp3) is 0.882. The minimum atomic E-state index is -0.855. The number of carbonyl (C=O) groups excluding carboxylic acids is 2. The Morgan fingerprint density at radius 3 is 2.40 bits per heavy atom. The van der Waals surface area contributed by atoms with E-state index in [0.29, 0.717) is 32.7 Å². The zero-order valence-corrected chi connectivity index (χ0v) is 16.2. The number of hydrogen-bond acceptors (Lipinski definition) is 4. The molecule has 2 saturated heterocycles. The molecule has 3 atom stereocenters. The second-order valence-corrected chi connectivity index (χ2v) is 7.75. The van der Waals surface area contributed by atoms with Gasteiger partial charge < -0.3 is 25.6 Å². The molecule has 7 nitrogen and oxygen atoms in total. The molecule has 0 aromatic carbocycles. The van der Waals surface area contributed by atoms with Gasteiger partial charge in [0.2, 0.25) is 5.91 Å². The molecule has 0 aromatic heterocycles. The van der Waals surface area contributed by atoms with Crippen LogP contribution in [-0.4, -0.2) is 72.7 Å². The van der Waals surface area contributed by atoms with Gasteiger partial charge in [0.1, 0.15) is 5.54 Å². The van der Waals surface area contributed by atoms with Crippen LogP contribution in [0.15, 0.2) is 0 Å². The number of ether oxygens (including phenoxy) is 1. The van der Waals surface area contributed by atoms with Crippen LogP contribution in [0.5, 0.6) is 0 Å². The molecule has 0 bridgehead atoms. The fourth-order valence-corrected chi connectivity index (χ4v) is 4.65. The van der Waals surface area contributed by atoms with Crippen LogP contribution in [-0.2, 0) is 9.53 Å². The lowest BCUT2D eigenvalue weighted by Crippen LogP contribution is -2.82. The summed E-state index contributed by atoms with van der Waals surface area (Å²) in [7, 11) is 0. The van der Waals surface area contributed by atoms with Crippen LogP contribution in [0, 0.1) is 11.3 Å². The number of halogens is 1. The van der Waals surface area contributed by atoms with Crippen molar-refractivity contribution in [1.29, 1.82) is 0 Å². The zero-order valence-electron chi connectivity index (χ0n) is 15.4. The Bertz CT molecular complexity index is 522. The molecule has 0 spiro atoms. The third-order valence-corrected chi connectivity index (χ3v) is 6.22. The molecular formula is C17H31ClN4O3. The maximum atomic E-state index is 13.2. The highest BCUT2D eigenvalue weighted by Crippen LogP contribution is 2.57. The minimum absolute atomic E-state index is 0.